The van der Waals surface area contributed by atoms with Crippen molar-refractivity contribution in [2.24, 2.45) is 0 Å². The Morgan fingerprint density at radius 1 is 1.19 bits per heavy atom. The van der Waals surface area contributed by atoms with Crippen molar-refractivity contribution in [2.45, 2.75) is 32.8 Å². The van der Waals surface area contributed by atoms with Gasteiger partial charge in [-0.25, -0.2) is 4.79 Å². The van der Waals surface area contributed by atoms with Crippen LogP contribution >= 0.6 is 0 Å². The maximum atomic E-state index is 11.1. The molecular weight excluding hydrogens is 266 g/mol. The van der Waals surface area contributed by atoms with Crippen molar-refractivity contribution in [1.29, 1.82) is 0 Å². The molecular formula is C17H19NO3. The van der Waals surface area contributed by atoms with E-state index >= 15 is 0 Å². The summed E-state index contributed by atoms with van der Waals surface area (Å²) in [5.41, 5.74) is 2.23. The molecule has 2 aromatic rings. The van der Waals surface area contributed by atoms with Crippen molar-refractivity contribution in [1.82, 2.24) is 4.98 Å². The van der Waals surface area contributed by atoms with Crippen LogP contribution in [0.3, 0.4) is 0 Å². The van der Waals surface area contributed by atoms with E-state index in [4.69, 9.17) is 9.84 Å². The van der Waals surface area contributed by atoms with Gasteiger partial charge in [0.2, 0.25) is 0 Å². The van der Waals surface area contributed by atoms with Crippen molar-refractivity contribution in [3.63, 3.8) is 0 Å². The molecule has 1 aromatic heterocycles. The van der Waals surface area contributed by atoms with Crippen molar-refractivity contribution >= 4 is 5.97 Å². The number of ether oxygens (including phenoxy) is 1. The number of hydrogen-bond donors (Lipinski definition) is 1. The van der Waals surface area contributed by atoms with Gasteiger partial charge in [0, 0.05) is 12.4 Å². The molecule has 0 bridgehead atoms. The van der Waals surface area contributed by atoms with Gasteiger partial charge >= 0.3 is 5.97 Å². The molecule has 2 rings (SSSR count). The zero-order valence-corrected chi connectivity index (χ0v) is 12.2. The molecule has 110 valence electrons. The van der Waals surface area contributed by atoms with Crippen LogP contribution in [-0.2, 0) is 12.8 Å². The fourth-order valence-corrected chi connectivity index (χ4v) is 2.12. The summed E-state index contributed by atoms with van der Waals surface area (Å²) in [5.74, 6) is -0.0607. The quantitative estimate of drug-likeness (QED) is 0.884. The van der Waals surface area contributed by atoms with Gasteiger partial charge in [0.05, 0.1) is 11.7 Å². The van der Waals surface area contributed by atoms with Gasteiger partial charge in [-0.05, 0) is 56.0 Å². The molecule has 0 amide bonds. The Morgan fingerprint density at radius 2 is 1.90 bits per heavy atom. The van der Waals surface area contributed by atoms with Gasteiger partial charge in [0.15, 0.2) is 0 Å². The molecule has 0 atom stereocenters. The molecule has 21 heavy (non-hydrogen) atoms. The molecule has 0 unspecified atom stereocenters. The average Bonchev–Trinajstić information content (AvgIpc) is 2.46. The first-order valence-corrected chi connectivity index (χ1v) is 6.98. The maximum Gasteiger partial charge on any atom is 0.336 e. The number of aromatic carboxylic acids is 1. The molecule has 1 heterocycles. The lowest BCUT2D eigenvalue weighted by Gasteiger charge is -2.10. The van der Waals surface area contributed by atoms with E-state index in [2.05, 4.69) is 4.98 Å². The summed E-state index contributed by atoms with van der Waals surface area (Å²) in [4.78, 5) is 15.1. The number of pyridine rings is 1. The third kappa shape index (κ3) is 4.31. The van der Waals surface area contributed by atoms with Crippen molar-refractivity contribution in [3.8, 4) is 5.75 Å². The monoisotopic (exact) mass is 285 g/mol. The van der Waals surface area contributed by atoms with Crippen LogP contribution in [0.15, 0.2) is 42.7 Å². The minimum absolute atomic E-state index is 0.157. The minimum atomic E-state index is -0.909. The van der Waals surface area contributed by atoms with Crippen LogP contribution in [0.1, 0.15) is 35.3 Å². The van der Waals surface area contributed by atoms with E-state index in [1.807, 2.05) is 38.1 Å². The van der Waals surface area contributed by atoms with Crippen LogP contribution in [-0.4, -0.2) is 22.2 Å². The average molecular weight is 285 g/mol. The number of aromatic nitrogens is 1. The lowest BCUT2D eigenvalue weighted by Crippen LogP contribution is -2.06. The second-order valence-corrected chi connectivity index (χ2v) is 5.15. The molecule has 0 fully saturated rings. The lowest BCUT2D eigenvalue weighted by molar-refractivity contribution is 0.0695. The molecule has 4 nitrogen and oxygen atoms in total. The Morgan fingerprint density at radius 3 is 2.52 bits per heavy atom. The van der Waals surface area contributed by atoms with E-state index in [0.29, 0.717) is 12.0 Å². The summed E-state index contributed by atoms with van der Waals surface area (Å²) < 4.78 is 5.59. The molecule has 0 aliphatic heterocycles. The largest absolute Gasteiger partial charge is 0.491 e. The summed E-state index contributed by atoms with van der Waals surface area (Å²) in [6.07, 6.45) is 4.71. The molecule has 0 radical (unpaired) electrons. The van der Waals surface area contributed by atoms with Crippen LogP contribution < -0.4 is 4.74 Å². The van der Waals surface area contributed by atoms with Crippen LogP contribution in [0.25, 0.3) is 0 Å². The highest BCUT2D eigenvalue weighted by atomic mass is 16.5. The van der Waals surface area contributed by atoms with Gasteiger partial charge < -0.3 is 9.84 Å². The molecule has 0 aliphatic rings. The van der Waals surface area contributed by atoms with Gasteiger partial charge in [-0.3, -0.25) is 4.98 Å². The maximum absolute atomic E-state index is 11.1. The van der Waals surface area contributed by atoms with Crippen molar-refractivity contribution in [2.75, 3.05) is 0 Å². The van der Waals surface area contributed by atoms with E-state index in [9.17, 15) is 4.79 Å². The summed E-state index contributed by atoms with van der Waals surface area (Å²) in [5, 5.41) is 9.14. The number of hydrogen-bond acceptors (Lipinski definition) is 3. The zero-order valence-electron chi connectivity index (χ0n) is 12.2. The van der Waals surface area contributed by atoms with E-state index in [1.165, 1.54) is 12.3 Å². The summed E-state index contributed by atoms with van der Waals surface area (Å²) in [6.45, 7) is 3.98. The van der Waals surface area contributed by atoms with E-state index in [0.717, 1.165) is 23.3 Å². The molecule has 1 N–H and O–H groups in total. The van der Waals surface area contributed by atoms with E-state index < -0.39 is 5.97 Å². The molecule has 0 spiro atoms. The number of carboxylic acids is 1. The fraction of sp³-hybridized carbons (Fsp3) is 0.294. The topological polar surface area (TPSA) is 59.4 Å². The highest BCUT2D eigenvalue weighted by molar-refractivity contribution is 5.89. The lowest BCUT2D eigenvalue weighted by atomic mass is 10.0. The fourth-order valence-electron chi connectivity index (χ4n) is 2.12. The van der Waals surface area contributed by atoms with Gasteiger partial charge in [-0.15, -0.1) is 0 Å². The third-order valence-corrected chi connectivity index (χ3v) is 3.11. The van der Waals surface area contributed by atoms with Crippen LogP contribution in [0, 0.1) is 0 Å². The smallest absolute Gasteiger partial charge is 0.336 e. The molecule has 4 heteroatoms. The van der Waals surface area contributed by atoms with E-state index in [-0.39, 0.29) is 6.10 Å². The highest BCUT2D eigenvalue weighted by Crippen LogP contribution is 2.16. The predicted molar refractivity (Wildman–Crippen MR) is 80.8 cm³/mol. The first-order chi connectivity index (χ1) is 10.1. The third-order valence-electron chi connectivity index (χ3n) is 3.11. The molecule has 0 saturated heterocycles. The van der Waals surface area contributed by atoms with Crippen molar-refractivity contribution < 1.29 is 14.6 Å². The Balaban J connectivity index is 2.02. The second-order valence-electron chi connectivity index (χ2n) is 5.15. The minimum Gasteiger partial charge on any atom is -0.491 e. The van der Waals surface area contributed by atoms with Crippen LogP contribution in [0.2, 0.25) is 0 Å². The van der Waals surface area contributed by atoms with Gasteiger partial charge in [0.25, 0.3) is 0 Å². The number of carbonyl (C=O) groups is 1. The first kappa shape index (κ1) is 15.0. The van der Waals surface area contributed by atoms with Gasteiger partial charge in [-0.2, -0.15) is 0 Å². The number of aryl methyl sites for hydroxylation is 2. The predicted octanol–water partition coefficient (Wildman–Crippen LogP) is 3.35. The Kier molecular flexibility index (Phi) is 4.93. The SMILES string of the molecule is CC(C)Oc1ccc(CCc2cnccc2C(=O)O)cc1. The number of nitrogens with zero attached hydrogens (tertiary/aromatic N) is 1. The first-order valence-electron chi connectivity index (χ1n) is 6.98. The van der Waals surface area contributed by atoms with Gasteiger partial charge in [0.1, 0.15) is 5.75 Å². The molecule has 0 saturated carbocycles. The number of benzene rings is 1. The summed E-state index contributed by atoms with van der Waals surface area (Å²) >= 11 is 0. The summed E-state index contributed by atoms with van der Waals surface area (Å²) in [6, 6.07) is 9.44. The normalized spacial score (nSPS) is 10.6. The van der Waals surface area contributed by atoms with Gasteiger partial charge in [-0.1, -0.05) is 12.1 Å². The van der Waals surface area contributed by atoms with Crippen molar-refractivity contribution in [3.05, 3.63) is 59.4 Å². The number of carboxylic acid groups (broad SMARTS) is 1. The van der Waals surface area contributed by atoms with Crippen LogP contribution in [0.4, 0.5) is 0 Å². The molecule has 0 aliphatic carbocycles. The highest BCUT2D eigenvalue weighted by Gasteiger charge is 2.09. The Labute approximate surface area is 124 Å². The standard InChI is InChI=1S/C17H19NO3/c1-12(2)21-15-7-4-13(5-8-15)3-6-14-11-18-10-9-16(14)17(19)20/h4-5,7-12H,3,6H2,1-2H3,(H,19,20). The Hall–Kier alpha value is -2.36. The zero-order chi connectivity index (χ0) is 15.2. The summed E-state index contributed by atoms with van der Waals surface area (Å²) in [7, 11) is 0. The molecule has 1 aromatic carbocycles. The van der Waals surface area contributed by atoms with E-state index in [1.54, 1.807) is 6.20 Å². The Bertz CT molecular complexity index is 606. The van der Waals surface area contributed by atoms with Crippen LogP contribution in [0.5, 0.6) is 5.75 Å². The number of rotatable bonds is 6. The second kappa shape index (κ2) is 6.88.